The van der Waals surface area contributed by atoms with E-state index in [0.717, 1.165) is 0 Å². The number of carbonyl (C=O) groups excluding carboxylic acids is 2. The molecule has 0 aliphatic carbocycles. The third kappa shape index (κ3) is 4.09. The van der Waals surface area contributed by atoms with Crippen LogP contribution in [-0.2, 0) is 4.74 Å². The summed E-state index contributed by atoms with van der Waals surface area (Å²) < 4.78 is 5.13. The average molecular weight is 318 g/mol. The standard InChI is InChI=1S/C17H16ClNO3/c1-11(2)22-17(21)13-8-9-14(18)15(10-13)19-16(20)12-6-4-3-5-7-12/h3-11H,1-2H3,(H,19,20). The van der Waals surface area contributed by atoms with Crippen LogP contribution in [0.2, 0.25) is 5.02 Å². The highest BCUT2D eigenvalue weighted by atomic mass is 35.5. The molecule has 2 aromatic rings. The molecule has 0 bridgehead atoms. The predicted molar refractivity (Wildman–Crippen MR) is 86.4 cm³/mol. The topological polar surface area (TPSA) is 55.4 Å². The fourth-order valence-corrected chi connectivity index (χ4v) is 1.98. The Bertz CT molecular complexity index is 684. The van der Waals surface area contributed by atoms with Gasteiger partial charge in [-0.3, -0.25) is 4.79 Å². The molecule has 0 unspecified atom stereocenters. The first-order valence-corrected chi connectivity index (χ1v) is 7.22. The lowest BCUT2D eigenvalue weighted by molar-refractivity contribution is 0.0378. The minimum atomic E-state index is -0.457. The van der Waals surface area contributed by atoms with Gasteiger partial charge in [0.1, 0.15) is 0 Å². The summed E-state index contributed by atoms with van der Waals surface area (Å²) in [5.41, 5.74) is 1.21. The smallest absolute Gasteiger partial charge is 0.338 e. The lowest BCUT2D eigenvalue weighted by Gasteiger charge is -2.11. The van der Waals surface area contributed by atoms with Crippen LogP contribution in [0.1, 0.15) is 34.6 Å². The molecule has 5 heteroatoms. The van der Waals surface area contributed by atoms with E-state index in [0.29, 0.717) is 21.8 Å². The average Bonchev–Trinajstić information content (AvgIpc) is 2.49. The minimum Gasteiger partial charge on any atom is -0.459 e. The van der Waals surface area contributed by atoms with Crippen molar-refractivity contribution in [1.82, 2.24) is 0 Å². The first-order chi connectivity index (χ1) is 10.5. The molecule has 0 fully saturated rings. The van der Waals surface area contributed by atoms with E-state index in [4.69, 9.17) is 16.3 Å². The second-order valence-corrected chi connectivity index (χ2v) is 5.38. The lowest BCUT2D eigenvalue weighted by atomic mass is 10.1. The van der Waals surface area contributed by atoms with Gasteiger partial charge in [-0.1, -0.05) is 29.8 Å². The number of rotatable bonds is 4. The number of hydrogen-bond acceptors (Lipinski definition) is 3. The highest BCUT2D eigenvalue weighted by molar-refractivity contribution is 6.34. The Balaban J connectivity index is 2.20. The van der Waals surface area contributed by atoms with Crippen LogP contribution in [0.15, 0.2) is 48.5 Å². The molecule has 1 amide bonds. The fourth-order valence-electron chi connectivity index (χ4n) is 1.81. The van der Waals surface area contributed by atoms with Crippen LogP contribution in [0, 0.1) is 0 Å². The molecule has 0 aliphatic heterocycles. The number of halogens is 1. The van der Waals surface area contributed by atoms with E-state index in [1.807, 2.05) is 6.07 Å². The Morgan fingerprint density at radius 1 is 1.05 bits per heavy atom. The summed E-state index contributed by atoms with van der Waals surface area (Å²) >= 11 is 6.07. The lowest BCUT2D eigenvalue weighted by Crippen LogP contribution is -2.14. The number of hydrogen-bond donors (Lipinski definition) is 1. The van der Waals surface area contributed by atoms with E-state index in [-0.39, 0.29) is 12.0 Å². The number of esters is 1. The summed E-state index contributed by atoms with van der Waals surface area (Å²) in [6, 6.07) is 13.4. The molecule has 1 N–H and O–H groups in total. The predicted octanol–water partition coefficient (Wildman–Crippen LogP) is 4.16. The molecule has 0 atom stereocenters. The Labute approximate surface area is 134 Å². The van der Waals surface area contributed by atoms with Crippen LogP contribution in [0.4, 0.5) is 5.69 Å². The van der Waals surface area contributed by atoms with Gasteiger partial charge in [0.05, 0.1) is 22.4 Å². The Hall–Kier alpha value is -2.33. The Kier molecular flexibility index (Phi) is 5.17. The monoisotopic (exact) mass is 317 g/mol. The van der Waals surface area contributed by atoms with E-state index in [1.54, 1.807) is 50.2 Å². The van der Waals surface area contributed by atoms with Crippen molar-refractivity contribution in [2.75, 3.05) is 5.32 Å². The molecule has 0 aliphatic rings. The molecule has 2 aromatic carbocycles. The van der Waals surface area contributed by atoms with Gasteiger partial charge in [-0.25, -0.2) is 4.79 Å². The molecule has 0 spiro atoms. The van der Waals surface area contributed by atoms with Gasteiger partial charge in [0.25, 0.3) is 5.91 Å². The summed E-state index contributed by atoms with van der Waals surface area (Å²) in [6.07, 6.45) is -0.217. The number of nitrogens with one attached hydrogen (secondary N) is 1. The number of carbonyl (C=O) groups is 2. The zero-order valence-electron chi connectivity index (χ0n) is 12.3. The van der Waals surface area contributed by atoms with Gasteiger partial charge >= 0.3 is 5.97 Å². The van der Waals surface area contributed by atoms with Gasteiger partial charge in [-0.15, -0.1) is 0 Å². The highest BCUT2D eigenvalue weighted by Gasteiger charge is 2.13. The van der Waals surface area contributed by atoms with Gasteiger partial charge in [0, 0.05) is 5.56 Å². The summed E-state index contributed by atoms with van der Waals surface area (Å²) in [7, 11) is 0. The van der Waals surface area contributed by atoms with Crippen molar-refractivity contribution >= 4 is 29.2 Å². The van der Waals surface area contributed by atoms with Crippen molar-refractivity contribution in [1.29, 1.82) is 0 Å². The normalized spacial score (nSPS) is 10.4. The SMILES string of the molecule is CC(C)OC(=O)c1ccc(Cl)c(NC(=O)c2ccccc2)c1. The van der Waals surface area contributed by atoms with Crippen LogP contribution < -0.4 is 5.32 Å². The molecule has 2 rings (SSSR count). The maximum absolute atomic E-state index is 12.1. The molecule has 0 saturated carbocycles. The molecular weight excluding hydrogens is 302 g/mol. The van der Waals surface area contributed by atoms with Crippen molar-refractivity contribution in [3.63, 3.8) is 0 Å². The maximum Gasteiger partial charge on any atom is 0.338 e. The molecule has 4 nitrogen and oxygen atoms in total. The van der Waals surface area contributed by atoms with Crippen LogP contribution in [0.25, 0.3) is 0 Å². The van der Waals surface area contributed by atoms with Gasteiger partial charge in [0.2, 0.25) is 0 Å². The van der Waals surface area contributed by atoms with E-state index in [9.17, 15) is 9.59 Å². The number of anilines is 1. The second-order valence-electron chi connectivity index (χ2n) is 4.97. The fraction of sp³-hybridized carbons (Fsp3) is 0.176. The highest BCUT2D eigenvalue weighted by Crippen LogP contribution is 2.24. The first kappa shape index (κ1) is 16.0. The number of amides is 1. The molecular formula is C17H16ClNO3. The van der Waals surface area contributed by atoms with Crippen molar-refractivity contribution in [3.05, 3.63) is 64.7 Å². The molecule has 0 heterocycles. The van der Waals surface area contributed by atoms with Gasteiger partial charge < -0.3 is 10.1 Å². The van der Waals surface area contributed by atoms with Crippen LogP contribution in [0.3, 0.4) is 0 Å². The molecule has 0 saturated heterocycles. The van der Waals surface area contributed by atoms with Crippen molar-refractivity contribution in [2.45, 2.75) is 20.0 Å². The quantitative estimate of drug-likeness (QED) is 0.861. The molecule has 0 aromatic heterocycles. The minimum absolute atomic E-state index is 0.217. The van der Waals surface area contributed by atoms with E-state index in [2.05, 4.69) is 5.32 Å². The van der Waals surface area contributed by atoms with Crippen molar-refractivity contribution in [3.8, 4) is 0 Å². The number of ether oxygens (including phenoxy) is 1. The second kappa shape index (κ2) is 7.09. The zero-order valence-corrected chi connectivity index (χ0v) is 13.1. The summed E-state index contributed by atoms with van der Waals surface area (Å²) in [4.78, 5) is 24.0. The summed E-state index contributed by atoms with van der Waals surface area (Å²) in [5.74, 6) is -0.751. The van der Waals surface area contributed by atoms with E-state index in [1.165, 1.54) is 6.07 Å². The van der Waals surface area contributed by atoms with Gasteiger partial charge in [-0.05, 0) is 44.2 Å². The zero-order chi connectivity index (χ0) is 16.1. The maximum atomic E-state index is 12.1. The first-order valence-electron chi connectivity index (χ1n) is 6.84. The van der Waals surface area contributed by atoms with Crippen LogP contribution in [-0.4, -0.2) is 18.0 Å². The third-order valence-corrected chi connectivity index (χ3v) is 3.16. The van der Waals surface area contributed by atoms with E-state index < -0.39 is 5.97 Å². The Morgan fingerprint density at radius 2 is 1.73 bits per heavy atom. The van der Waals surface area contributed by atoms with Crippen molar-refractivity contribution in [2.24, 2.45) is 0 Å². The molecule has 114 valence electrons. The third-order valence-electron chi connectivity index (χ3n) is 2.83. The molecule has 0 radical (unpaired) electrons. The molecule has 22 heavy (non-hydrogen) atoms. The Morgan fingerprint density at radius 3 is 2.36 bits per heavy atom. The summed E-state index contributed by atoms with van der Waals surface area (Å²) in [6.45, 7) is 3.54. The van der Waals surface area contributed by atoms with Gasteiger partial charge in [-0.2, -0.15) is 0 Å². The summed E-state index contributed by atoms with van der Waals surface area (Å²) in [5, 5.41) is 3.05. The van der Waals surface area contributed by atoms with Crippen molar-refractivity contribution < 1.29 is 14.3 Å². The van der Waals surface area contributed by atoms with Crippen LogP contribution in [0.5, 0.6) is 0 Å². The number of benzene rings is 2. The van der Waals surface area contributed by atoms with Crippen LogP contribution >= 0.6 is 11.6 Å². The van der Waals surface area contributed by atoms with Gasteiger partial charge in [0.15, 0.2) is 0 Å². The van der Waals surface area contributed by atoms with E-state index >= 15 is 0 Å². The largest absolute Gasteiger partial charge is 0.459 e.